The van der Waals surface area contributed by atoms with E-state index in [1.807, 2.05) is 6.92 Å². The van der Waals surface area contributed by atoms with Crippen molar-refractivity contribution < 1.29 is 33.3 Å². The number of carbonyl (C=O) groups is 2. The highest BCUT2D eigenvalue weighted by Crippen LogP contribution is 2.41. The third kappa shape index (κ3) is 4.59. The molecule has 2 aliphatic rings. The molecule has 0 amide bonds. The van der Waals surface area contributed by atoms with Gasteiger partial charge in [0, 0.05) is 13.8 Å². The van der Waals surface area contributed by atoms with E-state index < -0.39 is 41.6 Å². The van der Waals surface area contributed by atoms with Crippen LogP contribution in [0.2, 0.25) is 0 Å². The van der Waals surface area contributed by atoms with Crippen LogP contribution in [0.4, 0.5) is 0 Å². The highest BCUT2D eigenvalue weighted by atomic mass is 32.2. The van der Waals surface area contributed by atoms with Crippen LogP contribution in [-0.2, 0) is 33.3 Å². The fraction of sp³-hybridized carbons (Fsp3) is 0.867. The van der Waals surface area contributed by atoms with Crippen LogP contribution in [0.5, 0.6) is 0 Å². The topological polar surface area (TPSA) is 80.3 Å². The predicted octanol–water partition coefficient (Wildman–Crippen LogP) is 1.48. The lowest BCUT2D eigenvalue weighted by molar-refractivity contribution is -0.195. The highest BCUT2D eigenvalue weighted by molar-refractivity contribution is 7.99. The quantitative estimate of drug-likeness (QED) is 0.691. The molecule has 0 saturated carbocycles. The molecule has 5 atom stereocenters. The second-order valence-electron chi connectivity index (χ2n) is 5.94. The van der Waals surface area contributed by atoms with E-state index in [0.29, 0.717) is 0 Å². The fourth-order valence-electron chi connectivity index (χ4n) is 2.79. The van der Waals surface area contributed by atoms with Gasteiger partial charge in [0.05, 0.1) is 0 Å². The Bertz CT molecular complexity index is 453. The Balaban J connectivity index is 2.21. The molecule has 0 bridgehead atoms. The predicted molar refractivity (Wildman–Crippen MR) is 82.8 cm³/mol. The molecule has 0 aliphatic carbocycles. The molecule has 132 valence electrons. The monoisotopic (exact) mass is 348 g/mol. The van der Waals surface area contributed by atoms with Crippen LogP contribution in [0.1, 0.15) is 34.6 Å². The number of ether oxygens (including phenoxy) is 5. The van der Waals surface area contributed by atoms with Crippen molar-refractivity contribution in [3.63, 3.8) is 0 Å². The minimum Gasteiger partial charge on any atom is -0.463 e. The molecule has 2 aliphatic heterocycles. The third-order valence-electron chi connectivity index (χ3n) is 3.51. The second-order valence-corrected chi connectivity index (χ2v) is 7.31. The fourth-order valence-corrected chi connectivity index (χ4v) is 3.74. The molecule has 7 nitrogen and oxygen atoms in total. The van der Waals surface area contributed by atoms with Gasteiger partial charge in [-0.1, -0.05) is 6.92 Å². The zero-order valence-corrected chi connectivity index (χ0v) is 14.9. The summed E-state index contributed by atoms with van der Waals surface area (Å²) in [4.78, 5) is 22.6. The smallest absolute Gasteiger partial charge is 0.303 e. The summed E-state index contributed by atoms with van der Waals surface area (Å²) < 4.78 is 28.4. The first-order valence-corrected chi connectivity index (χ1v) is 8.71. The maximum atomic E-state index is 11.5. The number of hydrogen-bond acceptors (Lipinski definition) is 8. The van der Waals surface area contributed by atoms with Crippen molar-refractivity contribution >= 4 is 23.7 Å². The van der Waals surface area contributed by atoms with Crippen molar-refractivity contribution in [2.24, 2.45) is 0 Å². The van der Waals surface area contributed by atoms with E-state index in [1.54, 1.807) is 13.8 Å². The van der Waals surface area contributed by atoms with Gasteiger partial charge in [-0.25, -0.2) is 0 Å². The Morgan fingerprint density at radius 1 is 1.13 bits per heavy atom. The Morgan fingerprint density at radius 3 is 2.35 bits per heavy atom. The molecular weight excluding hydrogens is 324 g/mol. The standard InChI is InChI=1S/C15H24O7S/c1-6-23-14-13(19-9(3)17)12-11(21-15(4,5)22-12)10(20-14)7-18-8(2)16/h10-14H,6-7H2,1-5H3/t10-,11+,12+,13-,14?/m1/s1. The summed E-state index contributed by atoms with van der Waals surface area (Å²) in [6.07, 6.45) is -1.98. The lowest BCUT2D eigenvalue weighted by atomic mass is 10.00. The van der Waals surface area contributed by atoms with E-state index in [1.165, 1.54) is 25.6 Å². The largest absolute Gasteiger partial charge is 0.463 e. The normalized spacial score (nSPS) is 35.4. The molecule has 1 unspecified atom stereocenters. The molecule has 8 heteroatoms. The van der Waals surface area contributed by atoms with E-state index >= 15 is 0 Å². The van der Waals surface area contributed by atoms with Gasteiger partial charge < -0.3 is 23.7 Å². The maximum absolute atomic E-state index is 11.5. The van der Waals surface area contributed by atoms with Gasteiger partial charge in [-0.3, -0.25) is 9.59 Å². The number of esters is 2. The van der Waals surface area contributed by atoms with Crippen LogP contribution in [-0.4, -0.2) is 59.9 Å². The Hall–Kier alpha value is -0.830. The Kier molecular flexibility index (Phi) is 5.94. The number of thioether (sulfide) groups is 1. The van der Waals surface area contributed by atoms with Crippen LogP contribution in [0.15, 0.2) is 0 Å². The summed E-state index contributed by atoms with van der Waals surface area (Å²) in [5.41, 5.74) is -0.400. The van der Waals surface area contributed by atoms with Crippen LogP contribution in [0.3, 0.4) is 0 Å². The molecule has 0 N–H and O–H groups in total. The van der Waals surface area contributed by atoms with Crippen molar-refractivity contribution in [3.8, 4) is 0 Å². The average Bonchev–Trinajstić information content (AvgIpc) is 2.75. The van der Waals surface area contributed by atoms with Crippen LogP contribution >= 0.6 is 11.8 Å². The molecule has 2 rings (SSSR count). The van der Waals surface area contributed by atoms with E-state index in [9.17, 15) is 9.59 Å². The average molecular weight is 348 g/mol. The summed E-state index contributed by atoms with van der Waals surface area (Å²) in [5, 5.41) is 0. The van der Waals surface area contributed by atoms with Crippen molar-refractivity contribution in [2.75, 3.05) is 12.4 Å². The molecule has 0 aromatic carbocycles. The minimum absolute atomic E-state index is 0.0729. The van der Waals surface area contributed by atoms with Gasteiger partial charge in [0.1, 0.15) is 30.4 Å². The number of carbonyl (C=O) groups excluding carboxylic acids is 2. The Labute approximate surface area is 140 Å². The minimum atomic E-state index is -0.822. The van der Waals surface area contributed by atoms with Crippen molar-refractivity contribution in [1.82, 2.24) is 0 Å². The van der Waals surface area contributed by atoms with Gasteiger partial charge in [0.15, 0.2) is 11.9 Å². The summed E-state index contributed by atoms with van der Waals surface area (Å²) in [6.45, 7) is 8.35. The second kappa shape index (κ2) is 7.38. The van der Waals surface area contributed by atoms with Gasteiger partial charge in [0.2, 0.25) is 0 Å². The van der Waals surface area contributed by atoms with E-state index in [4.69, 9.17) is 23.7 Å². The van der Waals surface area contributed by atoms with Gasteiger partial charge in [-0.15, -0.1) is 11.8 Å². The molecule has 0 aromatic heterocycles. The van der Waals surface area contributed by atoms with Crippen molar-refractivity contribution in [3.05, 3.63) is 0 Å². The van der Waals surface area contributed by atoms with E-state index in [0.717, 1.165) is 5.75 Å². The third-order valence-corrected chi connectivity index (χ3v) is 4.56. The molecule has 2 saturated heterocycles. The van der Waals surface area contributed by atoms with Gasteiger partial charge in [-0.05, 0) is 19.6 Å². The lowest BCUT2D eigenvalue weighted by Crippen LogP contribution is -2.57. The van der Waals surface area contributed by atoms with Gasteiger partial charge in [-0.2, -0.15) is 0 Å². The summed E-state index contributed by atoms with van der Waals surface area (Å²) in [7, 11) is 0. The lowest BCUT2D eigenvalue weighted by Gasteiger charge is -2.41. The Morgan fingerprint density at radius 2 is 1.78 bits per heavy atom. The molecule has 0 aromatic rings. The first-order chi connectivity index (χ1) is 10.7. The van der Waals surface area contributed by atoms with Crippen LogP contribution in [0.25, 0.3) is 0 Å². The van der Waals surface area contributed by atoms with Gasteiger partial charge >= 0.3 is 11.9 Å². The highest BCUT2D eigenvalue weighted by Gasteiger charge is 2.56. The molecule has 2 heterocycles. The van der Waals surface area contributed by atoms with Crippen LogP contribution < -0.4 is 0 Å². The zero-order chi connectivity index (χ0) is 17.2. The summed E-state index contributed by atoms with van der Waals surface area (Å²) >= 11 is 1.51. The van der Waals surface area contributed by atoms with Crippen LogP contribution in [0, 0.1) is 0 Å². The molecule has 0 spiro atoms. The van der Waals surface area contributed by atoms with E-state index in [2.05, 4.69) is 0 Å². The number of rotatable bonds is 5. The first-order valence-electron chi connectivity index (χ1n) is 7.66. The number of hydrogen-bond donors (Lipinski definition) is 0. The van der Waals surface area contributed by atoms with Crippen molar-refractivity contribution in [2.45, 2.75) is 70.3 Å². The molecular formula is C15H24O7S. The molecule has 2 fully saturated rings. The summed E-state index contributed by atoms with van der Waals surface area (Å²) in [5.74, 6) is -0.822. The first kappa shape index (κ1) is 18.5. The molecule has 23 heavy (non-hydrogen) atoms. The zero-order valence-electron chi connectivity index (χ0n) is 14.1. The number of fused-ring (bicyclic) bond motifs is 1. The molecule has 0 radical (unpaired) electrons. The SMILES string of the molecule is CCSC1O[C@H](COC(C)=O)[C@@H]2OC(C)(C)O[C@@H]2[C@H]1OC(C)=O. The van der Waals surface area contributed by atoms with Gasteiger partial charge in [0.25, 0.3) is 0 Å². The maximum Gasteiger partial charge on any atom is 0.303 e. The van der Waals surface area contributed by atoms with E-state index in [-0.39, 0.29) is 12.6 Å². The summed E-state index contributed by atoms with van der Waals surface area (Å²) in [6, 6.07) is 0. The van der Waals surface area contributed by atoms with Crippen molar-refractivity contribution in [1.29, 1.82) is 0 Å².